The molecule has 0 saturated carbocycles. The highest BCUT2D eigenvalue weighted by Gasteiger charge is 2.30. The molecule has 1 heterocycles. The van der Waals surface area contributed by atoms with E-state index in [1.807, 2.05) is 41.3 Å². The van der Waals surface area contributed by atoms with Crippen LogP contribution in [0.15, 0.2) is 30.3 Å². The molecule has 1 aromatic rings. The first kappa shape index (κ1) is 19.5. The Labute approximate surface area is 152 Å². The lowest BCUT2D eigenvalue weighted by atomic mass is 10.1. The van der Waals surface area contributed by atoms with E-state index in [-0.39, 0.29) is 24.8 Å². The summed E-state index contributed by atoms with van der Waals surface area (Å²) in [6.07, 6.45) is 3.84. The summed E-state index contributed by atoms with van der Waals surface area (Å²) in [4.78, 5) is 36.7. The molecule has 1 aliphatic rings. The number of piperazine rings is 1. The number of methoxy groups -OCH3 is 1. The fraction of sp³-hybridized carbons (Fsp3) is 0.389. The van der Waals surface area contributed by atoms with Crippen molar-refractivity contribution in [1.82, 2.24) is 15.5 Å². The lowest BCUT2D eigenvalue weighted by Crippen LogP contribution is -2.56. The maximum absolute atomic E-state index is 12.1. The van der Waals surface area contributed by atoms with Crippen LogP contribution in [0, 0.1) is 0 Å². The van der Waals surface area contributed by atoms with E-state index < -0.39 is 11.9 Å². The number of hydrogen-bond acceptors (Lipinski definition) is 5. The van der Waals surface area contributed by atoms with E-state index in [1.54, 1.807) is 7.11 Å². The molecule has 0 aliphatic carbocycles. The Hall–Kier alpha value is -2.87. The molecule has 8 nitrogen and oxygen atoms in total. The summed E-state index contributed by atoms with van der Waals surface area (Å²) in [6, 6.07) is 7.04. The van der Waals surface area contributed by atoms with E-state index in [0.717, 1.165) is 11.3 Å². The second-order valence-corrected chi connectivity index (χ2v) is 5.89. The number of para-hydroxylation sites is 1. The maximum Gasteiger partial charge on any atom is 0.237 e. The van der Waals surface area contributed by atoms with Gasteiger partial charge >= 0.3 is 0 Å². The predicted molar refractivity (Wildman–Crippen MR) is 97.2 cm³/mol. The molecule has 26 heavy (non-hydrogen) atoms. The fourth-order valence-electron chi connectivity index (χ4n) is 2.76. The van der Waals surface area contributed by atoms with Crippen molar-refractivity contribution in [2.75, 3.05) is 33.3 Å². The van der Waals surface area contributed by atoms with Gasteiger partial charge in [-0.3, -0.25) is 19.3 Å². The predicted octanol–water partition coefficient (Wildman–Crippen LogP) is -0.500. The molecule has 1 saturated heterocycles. The van der Waals surface area contributed by atoms with Crippen molar-refractivity contribution in [2.24, 2.45) is 5.73 Å². The minimum absolute atomic E-state index is 0.0262. The van der Waals surface area contributed by atoms with Gasteiger partial charge < -0.3 is 21.1 Å². The van der Waals surface area contributed by atoms with Gasteiger partial charge in [-0.2, -0.15) is 0 Å². The third-order valence-electron chi connectivity index (χ3n) is 4.06. The second kappa shape index (κ2) is 9.57. The molecule has 0 aromatic heterocycles. The Kier molecular flexibility index (Phi) is 7.16. The highest BCUT2D eigenvalue weighted by molar-refractivity contribution is 5.90. The average molecular weight is 360 g/mol. The van der Waals surface area contributed by atoms with Gasteiger partial charge in [0.25, 0.3) is 0 Å². The average Bonchev–Trinajstić information content (AvgIpc) is 2.63. The molecule has 3 amide bonds. The lowest BCUT2D eigenvalue weighted by Gasteiger charge is -2.33. The molecule has 1 atom stereocenters. The first-order chi connectivity index (χ1) is 12.5. The number of carbonyl (C=O) groups is 3. The summed E-state index contributed by atoms with van der Waals surface area (Å²) in [7, 11) is 1.61. The molecule has 1 fully saturated rings. The number of rotatable bonds is 8. The topological polar surface area (TPSA) is 114 Å². The van der Waals surface area contributed by atoms with E-state index in [4.69, 9.17) is 10.5 Å². The van der Waals surface area contributed by atoms with Crippen LogP contribution in [0.3, 0.4) is 0 Å². The molecule has 0 radical (unpaired) electrons. The van der Waals surface area contributed by atoms with Gasteiger partial charge in [-0.1, -0.05) is 30.4 Å². The summed E-state index contributed by atoms with van der Waals surface area (Å²) in [5.74, 6) is -0.439. The van der Waals surface area contributed by atoms with Gasteiger partial charge in [0.1, 0.15) is 5.75 Å². The van der Waals surface area contributed by atoms with Crippen LogP contribution in [-0.2, 0) is 14.4 Å². The van der Waals surface area contributed by atoms with Crippen molar-refractivity contribution in [3.63, 3.8) is 0 Å². The Bertz CT molecular complexity index is 690. The van der Waals surface area contributed by atoms with Crippen molar-refractivity contribution in [2.45, 2.75) is 12.5 Å². The number of carbonyl (C=O) groups excluding carboxylic acids is 3. The van der Waals surface area contributed by atoms with Gasteiger partial charge in [-0.15, -0.1) is 0 Å². The lowest BCUT2D eigenvalue weighted by molar-refractivity contribution is -0.133. The number of amides is 3. The van der Waals surface area contributed by atoms with Crippen LogP contribution >= 0.6 is 0 Å². The highest BCUT2D eigenvalue weighted by Crippen LogP contribution is 2.19. The number of ether oxygens (including phenoxy) is 1. The van der Waals surface area contributed by atoms with Crippen molar-refractivity contribution in [1.29, 1.82) is 0 Å². The van der Waals surface area contributed by atoms with Crippen LogP contribution in [0.5, 0.6) is 5.75 Å². The van der Waals surface area contributed by atoms with Crippen molar-refractivity contribution in [3.05, 3.63) is 35.9 Å². The summed E-state index contributed by atoms with van der Waals surface area (Å²) in [5, 5.41) is 5.18. The van der Waals surface area contributed by atoms with Crippen LogP contribution in [-0.4, -0.2) is 62.0 Å². The van der Waals surface area contributed by atoms with E-state index >= 15 is 0 Å². The minimum atomic E-state index is -0.622. The molecule has 0 spiro atoms. The fourth-order valence-corrected chi connectivity index (χ4v) is 2.76. The second-order valence-electron chi connectivity index (χ2n) is 5.89. The SMILES string of the molecule is COc1ccccc1/C=C/CN1CCNC(=O)[C@@H]1CC(=O)NCC(N)=O. The van der Waals surface area contributed by atoms with Gasteiger partial charge in [0.2, 0.25) is 17.7 Å². The van der Waals surface area contributed by atoms with Gasteiger partial charge in [0.15, 0.2) is 0 Å². The molecule has 1 aromatic carbocycles. The molecule has 4 N–H and O–H groups in total. The largest absolute Gasteiger partial charge is 0.496 e. The highest BCUT2D eigenvalue weighted by atomic mass is 16.5. The number of nitrogens with zero attached hydrogens (tertiary/aromatic N) is 1. The summed E-state index contributed by atoms with van der Waals surface area (Å²) in [5.41, 5.74) is 5.95. The van der Waals surface area contributed by atoms with Crippen molar-refractivity contribution < 1.29 is 19.1 Å². The van der Waals surface area contributed by atoms with Gasteiger partial charge in [0, 0.05) is 25.2 Å². The van der Waals surface area contributed by atoms with Gasteiger partial charge in [-0.25, -0.2) is 0 Å². The van der Waals surface area contributed by atoms with E-state index in [0.29, 0.717) is 19.6 Å². The zero-order chi connectivity index (χ0) is 18.9. The first-order valence-electron chi connectivity index (χ1n) is 8.37. The maximum atomic E-state index is 12.1. The third kappa shape index (κ3) is 5.59. The van der Waals surface area contributed by atoms with E-state index in [1.165, 1.54) is 0 Å². The number of primary amides is 1. The summed E-state index contributed by atoms with van der Waals surface area (Å²) in [6.45, 7) is 1.44. The smallest absolute Gasteiger partial charge is 0.237 e. The zero-order valence-electron chi connectivity index (χ0n) is 14.7. The normalized spacial score (nSPS) is 17.7. The Morgan fingerprint density at radius 2 is 2.19 bits per heavy atom. The van der Waals surface area contributed by atoms with Crippen LogP contribution in [0.1, 0.15) is 12.0 Å². The molecular weight excluding hydrogens is 336 g/mol. The molecule has 140 valence electrons. The minimum Gasteiger partial charge on any atom is -0.496 e. The van der Waals surface area contributed by atoms with Crippen LogP contribution in [0.4, 0.5) is 0 Å². The van der Waals surface area contributed by atoms with Crippen molar-refractivity contribution in [3.8, 4) is 5.75 Å². The van der Waals surface area contributed by atoms with E-state index in [9.17, 15) is 14.4 Å². The third-order valence-corrected chi connectivity index (χ3v) is 4.06. The molecule has 0 unspecified atom stereocenters. The van der Waals surface area contributed by atoms with Gasteiger partial charge in [0.05, 0.1) is 26.1 Å². The van der Waals surface area contributed by atoms with Crippen LogP contribution in [0.25, 0.3) is 6.08 Å². The number of hydrogen-bond donors (Lipinski definition) is 3. The summed E-state index contributed by atoms with van der Waals surface area (Å²) < 4.78 is 5.31. The zero-order valence-corrected chi connectivity index (χ0v) is 14.7. The monoisotopic (exact) mass is 360 g/mol. The molecule has 0 bridgehead atoms. The van der Waals surface area contributed by atoms with Crippen LogP contribution in [0.2, 0.25) is 0 Å². The Morgan fingerprint density at radius 1 is 1.42 bits per heavy atom. The number of nitrogens with two attached hydrogens (primary N) is 1. The first-order valence-corrected chi connectivity index (χ1v) is 8.37. The molecule has 8 heteroatoms. The summed E-state index contributed by atoms with van der Waals surface area (Å²) >= 11 is 0. The van der Waals surface area contributed by atoms with Crippen molar-refractivity contribution >= 4 is 23.8 Å². The quantitative estimate of drug-likeness (QED) is 0.578. The van der Waals surface area contributed by atoms with Crippen LogP contribution < -0.4 is 21.1 Å². The molecule has 1 aliphatic heterocycles. The Morgan fingerprint density at radius 3 is 2.92 bits per heavy atom. The number of benzene rings is 1. The molecule has 2 rings (SSSR count). The molecular formula is C18H24N4O4. The number of nitrogens with one attached hydrogen (secondary N) is 2. The standard InChI is InChI=1S/C18H24N4O4/c1-26-15-7-3-2-5-13(15)6-4-9-22-10-8-20-18(25)14(22)11-17(24)21-12-16(19)23/h2-7,14H,8-12H2,1H3,(H2,19,23)(H,20,25)(H,21,24)/b6-4+/t14-/m0/s1. The Balaban J connectivity index is 1.98. The van der Waals surface area contributed by atoms with Gasteiger partial charge in [-0.05, 0) is 6.07 Å². The van der Waals surface area contributed by atoms with E-state index in [2.05, 4.69) is 10.6 Å².